The summed E-state index contributed by atoms with van der Waals surface area (Å²) in [5.41, 5.74) is 2.81. The summed E-state index contributed by atoms with van der Waals surface area (Å²) in [6.45, 7) is 3.75. The number of fused-ring (bicyclic) bond motifs is 1. The first-order valence-corrected chi connectivity index (χ1v) is 8.12. The molecule has 0 aliphatic carbocycles. The largest absolute Gasteiger partial charge is 0.353 e. The maximum Gasteiger partial charge on any atom is 0.244 e. The predicted octanol–water partition coefficient (Wildman–Crippen LogP) is 1.80. The molecule has 3 rings (SSSR count). The van der Waals surface area contributed by atoms with Gasteiger partial charge in [0.25, 0.3) is 0 Å². The molecule has 0 fully saturated rings. The van der Waals surface area contributed by atoms with Gasteiger partial charge in [0.2, 0.25) is 5.95 Å². The predicted molar refractivity (Wildman–Crippen MR) is 92.7 cm³/mol. The minimum absolute atomic E-state index is 0.611. The summed E-state index contributed by atoms with van der Waals surface area (Å²) >= 11 is 0. The van der Waals surface area contributed by atoms with E-state index in [0.717, 1.165) is 44.8 Å². The van der Waals surface area contributed by atoms with Gasteiger partial charge in [-0.2, -0.15) is 10.1 Å². The van der Waals surface area contributed by atoms with Crippen molar-refractivity contribution in [1.82, 2.24) is 20.1 Å². The average Bonchev–Trinajstić information content (AvgIpc) is 2.58. The highest BCUT2D eigenvalue weighted by Gasteiger charge is 2.17. The number of aromatic nitrogens is 3. The smallest absolute Gasteiger partial charge is 0.244 e. The molecule has 122 valence electrons. The van der Waals surface area contributed by atoms with Crippen LogP contribution in [0.3, 0.4) is 0 Å². The minimum atomic E-state index is 0.611. The summed E-state index contributed by atoms with van der Waals surface area (Å²) in [5.74, 6) is 1.50. The Morgan fingerprint density at radius 1 is 1.22 bits per heavy atom. The summed E-state index contributed by atoms with van der Waals surface area (Å²) in [4.78, 5) is 9.05. The molecule has 0 spiro atoms. The number of anilines is 2. The molecule has 0 bridgehead atoms. The molecule has 0 atom stereocenters. The van der Waals surface area contributed by atoms with Crippen LogP contribution in [-0.4, -0.2) is 53.8 Å². The molecule has 2 aromatic rings. The highest BCUT2D eigenvalue weighted by atomic mass is 15.3. The Morgan fingerprint density at radius 2 is 2.04 bits per heavy atom. The summed E-state index contributed by atoms with van der Waals surface area (Å²) in [6, 6.07) is 8.61. The van der Waals surface area contributed by atoms with Crippen molar-refractivity contribution in [3.05, 3.63) is 41.6 Å². The standard InChI is InChI=1S/C17H24N6/c1-22(2)10-5-9-18-17-20-16(12-19-21-17)23-11-8-14-6-3-4-7-15(14)13-23/h3-4,6-7,12H,5,8-11,13H2,1-2H3,(H,18,20,21). The van der Waals surface area contributed by atoms with Gasteiger partial charge in [-0.05, 0) is 44.6 Å². The number of nitrogens with zero attached hydrogens (tertiary/aromatic N) is 5. The second kappa shape index (κ2) is 7.37. The molecule has 0 radical (unpaired) electrons. The Kier molecular flexibility index (Phi) is 5.02. The molecular formula is C17H24N6. The maximum absolute atomic E-state index is 4.61. The van der Waals surface area contributed by atoms with Gasteiger partial charge in [0.15, 0.2) is 5.82 Å². The first-order valence-electron chi connectivity index (χ1n) is 8.12. The van der Waals surface area contributed by atoms with Crippen LogP contribution in [0, 0.1) is 0 Å². The zero-order valence-corrected chi connectivity index (χ0v) is 13.9. The number of hydrogen-bond acceptors (Lipinski definition) is 6. The van der Waals surface area contributed by atoms with Crippen molar-refractivity contribution in [1.29, 1.82) is 0 Å². The van der Waals surface area contributed by atoms with Crippen molar-refractivity contribution in [3.8, 4) is 0 Å². The number of rotatable bonds is 6. The van der Waals surface area contributed by atoms with Crippen LogP contribution < -0.4 is 10.2 Å². The summed E-state index contributed by atoms with van der Waals surface area (Å²) < 4.78 is 0. The molecule has 1 N–H and O–H groups in total. The molecular weight excluding hydrogens is 288 g/mol. The Morgan fingerprint density at radius 3 is 2.87 bits per heavy atom. The number of benzene rings is 1. The topological polar surface area (TPSA) is 57.2 Å². The first kappa shape index (κ1) is 15.7. The van der Waals surface area contributed by atoms with E-state index in [1.165, 1.54) is 11.1 Å². The second-order valence-corrected chi connectivity index (χ2v) is 6.16. The van der Waals surface area contributed by atoms with Gasteiger partial charge in [-0.25, -0.2) is 0 Å². The van der Waals surface area contributed by atoms with Crippen molar-refractivity contribution < 1.29 is 0 Å². The minimum Gasteiger partial charge on any atom is -0.353 e. The fraction of sp³-hybridized carbons (Fsp3) is 0.471. The van der Waals surface area contributed by atoms with E-state index < -0.39 is 0 Å². The highest BCUT2D eigenvalue weighted by Crippen LogP contribution is 2.22. The first-order chi connectivity index (χ1) is 11.2. The van der Waals surface area contributed by atoms with Gasteiger partial charge in [-0.3, -0.25) is 0 Å². The van der Waals surface area contributed by atoms with Crippen molar-refractivity contribution in [3.63, 3.8) is 0 Å². The Bertz CT molecular complexity index is 642. The lowest BCUT2D eigenvalue weighted by Gasteiger charge is -2.29. The van der Waals surface area contributed by atoms with E-state index in [1.807, 2.05) is 0 Å². The Labute approximate surface area is 137 Å². The third-order valence-electron chi connectivity index (χ3n) is 4.07. The molecule has 0 saturated carbocycles. The lowest BCUT2D eigenvalue weighted by atomic mass is 10.0. The fourth-order valence-electron chi connectivity index (χ4n) is 2.81. The normalized spacial score (nSPS) is 14.0. The van der Waals surface area contributed by atoms with Crippen LogP contribution in [-0.2, 0) is 13.0 Å². The lowest BCUT2D eigenvalue weighted by Crippen LogP contribution is -2.31. The lowest BCUT2D eigenvalue weighted by molar-refractivity contribution is 0.405. The maximum atomic E-state index is 4.61. The third kappa shape index (κ3) is 4.16. The summed E-state index contributed by atoms with van der Waals surface area (Å²) in [6.07, 6.45) is 3.85. The van der Waals surface area contributed by atoms with Gasteiger partial charge >= 0.3 is 0 Å². The van der Waals surface area contributed by atoms with Crippen molar-refractivity contribution >= 4 is 11.8 Å². The van der Waals surface area contributed by atoms with E-state index in [2.05, 4.69) is 68.7 Å². The SMILES string of the molecule is CN(C)CCCNc1nncc(N2CCc3ccccc3C2)n1. The molecule has 1 aliphatic rings. The monoisotopic (exact) mass is 312 g/mol. The van der Waals surface area contributed by atoms with E-state index in [9.17, 15) is 0 Å². The van der Waals surface area contributed by atoms with E-state index in [1.54, 1.807) is 6.20 Å². The molecule has 6 heteroatoms. The zero-order valence-electron chi connectivity index (χ0n) is 13.9. The molecule has 1 aliphatic heterocycles. The van der Waals surface area contributed by atoms with Crippen molar-refractivity contribution in [2.45, 2.75) is 19.4 Å². The summed E-state index contributed by atoms with van der Waals surface area (Å²) in [5, 5.41) is 11.4. The van der Waals surface area contributed by atoms with Crippen molar-refractivity contribution in [2.24, 2.45) is 0 Å². The van der Waals surface area contributed by atoms with E-state index >= 15 is 0 Å². The van der Waals surface area contributed by atoms with Gasteiger partial charge < -0.3 is 15.1 Å². The zero-order chi connectivity index (χ0) is 16.1. The summed E-state index contributed by atoms with van der Waals surface area (Å²) in [7, 11) is 4.15. The second-order valence-electron chi connectivity index (χ2n) is 6.16. The van der Waals surface area contributed by atoms with Gasteiger partial charge in [0.1, 0.15) is 0 Å². The molecule has 0 amide bonds. The van der Waals surface area contributed by atoms with Crippen LogP contribution in [0.2, 0.25) is 0 Å². The molecule has 1 aromatic carbocycles. The van der Waals surface area contributed by atoms with Crippen LogP contribution in [0.4, 0.5) is 11.8 Å². The van der Waals surface area contributed by atoms with E-state index in [4.69, 9.17) is 0 Å². The third-order valence-corrected chi connectivity index (χ3v) is 4.07. The van der Waals surface area contributed by atoms with Crippen LogP contribution in [0.25, 0.3) is 0 Å². The molecule has 0 saturated heterocycles. The molecule has 6 nitrogen and oxygen atoms in total. The van der Waals surface area contributed by atoms with Gasteiger partial charge in [-0.15, -0.1) is 5.10 Å². The Hall–Kier alpha value is -2.21. The van der Waals surface area contributed by atoms with Crippen LogP contribution in [0.5, 0.6) is 0 Å². The number of nitrogens with one attached hydrogen (secondary N) is 1. The average molecular weight is 312 g/mol. The van der Waals surface area contributed by atoms with Crippen LogP contribution >= 0.6 is 0 Å². The fourth-order valence-corrected chi connectivity index (χ4v) is 2.81. The van der Waals surface area contributed by atoms with Gasteiger partial charge in [0, 0.05) is 19.6 Å². The van der Waals surface area contributed by atoms with E-state index in [-0.39, 0.29) is 0 Å². The van der Waals surface area contributed by atoms with Crippen LogP contribution in [0.15, 0.2) is 30.5 Å². The molecule has 2 heterocycles. The molecule has 0 unspecified atom stereocenters. The molecule has 23 heavy (non-hydrogen) atoms. The Balaban J connectivity index is 1.62. The molecule has 1 aromatic heterocycles. The highest BCUT2D eigenvalue weighted by molar-refractivity contribution is 5.44. The van der Waals surface area contributed by atoms with Gasteiger partial charge in [0.05, 0.1) is 6.20 Å². The van der Waals surface area contributed by atoms with E-state index in [0.29, 0.717) is 5.95 Å². The van der Waals surface area contributed by atoms with Gasteiger partial charge in [-0.1, -0.05) is 24.3 Å². The number of hydrogen-bond donors (Lipinski definition) is 1. The van der Waals surface area contributed by atoms with Crippen molar-refractivity contribution in [2.75, 3.05) is 43.9 Å². The van der Waals surface area contributed by atoms with Crippen LogP contribution in [0.1, 0.15) is 17.5 Å². The quantitative estimate of drug-likeness (QED) is 0.821.